The number of nitrogens with zero attached hydrogens (tertiary/aromatic N) is 2. The van der Waals surface area contributed by atoms with E-state index >= 15 is 0 Å². The quantitative estimate of drug-likeness (QED) is 0.707. The van der Waals surface area contributed by atoms with Crippen LogP contribution in [0.2, 0.25) is 0 Å². The highest BCUT2D eigenvalue weighted by molar-refractivity contribution is 9.10. The van der Waals surface area contributed by atoms with Crippen molar-refractivity contribution in [2.45, 2.75) is 46.1 Å². The molecule has 0 aliphatic carbocycles. The van der Waals surface area contributed by atoms with Gasteiger partial charge in [0.15, 0.2) is 0 Å². The lowest BCUT2D eigenvalue weighted by Crippen LogP contribution is -2.32. The van der Waals surface area contributed by atoms with E-state index in [2.05, 4.69) is 33.3 Å². The SMILES string of the molecule is CCNC(CCCOCC)Cc1c(Br)c(C)nn1C. The van der Waals surface area contributed by atoms with Gasteiger partial charge < -0.3 is 10.1 Å². The topological polar surface area (TPSA) is 39.1 Å². The van der Waals surface area contributed by atoms with Crippen LogP contribution in [0.4, 0.5) is 0 Å². The van der Waals surface area contributed by atoms with Gasteiger partial charge in [-0.2, -0.15) is 5.10 Å². The molecule has 1 heterocycles. The summed E-state index contributed by atoms with van der Waals surface area (Å²) in [5.74, 6) is 0. The Morgan fingerprint density at radius 2 is 2.16 bits per heavy atom. The first-order valence-electron chi connectivity index (χ1n) is 7.09. The van der Waals surface area contributed by atoms with E-state index in [1.165, 1.54) is 5.69 Å². The third kappa shape index (κ3) is 5.24. The minimum absolute atomic E-state index is 0.483. The summed E-state index contributed by atoms with van der Waals surface area (Å²) in [6, 6.07) is 0.483. The number of likely N-dealkylation sites (N-methyl/N-ethyl adjacent to an activating group) is 1. The van der Waals surface area contributed by atoms with Crippen molar-refractivity contribution in [3.8, 4) is 0 Å². The van der Waals surface area contributed by atoms with E-state index in [0.29, 0.717) is 6.04 Å². The fourth-order valence-electron chi connectivity index (χ4n) is 2.28. The lowest BCUT2D eigenvalue weighted by atomic mass is 10.1. The number of hydrogen-bond acceptors (Lipinski definition) is 3. The highest BCUT2D eigenvalue weighted by Crippen LogP contribution is 2.22. The zero-order valence-electron chi connectivity index (χ0n) is 12.5. The van der Waals surface area contributed by atoms with E-state index in [4.69, 9.17) is 4.74 Å². The predicted octanol–water partition coefficient (Wildman–Crippen LogP) is 2.83. The normalized spacial score (nSPS) is 12.9. The summed E-state index contributed by atoms with van der Waals surface area (Å²) in [6.45, 7) is 8.87. The van der Waals surface area contributed by atoms with Crippen molar-refractivity contribution in [1.82, 2.24) is 15.1 Å². The van der Waals surface area contributed by atoms with Gasteiger partial charge in [-0.25, -0.2) is 0 Å². The van der Waals surface area contributed by atoms with Crippen LogP contribution in [0, 0.1) is 6.92 Å². The van der Waals surface area contributed by atoms with E-state index in [9.17, 15) is 0 Å². The van der Waals surface area contributed by atoms with E-state index in [-0.39, 0.29) is 0 Å². The molecular formula is C14H26BrN3O. The Morgan fingerprint density at radius 3 is 2.68 bits per heavy atom. The van der Waals surface area contributed by atoms with Crippen LogP contribution in [0.25, 0.3) is 0 Å². The van der Waals surface area contributed by atoms with Crippen LogP contribution in [0.5, 0.6) is 0 Å². The molecule has 0 radical (unpaired) electrons. The maximum Gasteiger partial charge on any atom is 0.0738 e. The minimum Gasteiger partial charge on any atom is -0.382 e. The molecule has 4 nitrogen and oxygen atoms in total. The Morgan fingerprint density at radius 1 is 1.42 bits per heavy atom. The van der Waals surface area contributed by atoms with E-state index in [0.717, 1.165) is 49.2 Å². The fourth-order valence-corrected chi connectivity index (χ4v) is 2.77. The van der Waals surface area contributed by atoms with Crippen molar-refractivity contribution in [3.63, 3.8) is 0 Å². The van der Waals surface area contributed by atoms with Gasteiger partial charge in [-0.3, -0.25) is 4.68 Å². The number of aromatic nitrogens is 2. The minimum atomic E-state index is 0.483. The fraction of sp³-hybridized carbons (Fsp3) is 0.786. The number of rotatable bonds is 9. The van der Waals surface area contributed by atoms with E-state index in [1.807, 2.05) is 25.6 Å². The second-order valence-electron chi connectivity index (χ2n) is 4.77. The van der Waals surface area contributed by atoms with Crippen LogP contribution < -0.4 is 5.32 Å². The van der Waals surface area contributed by atoms with Crippen molar-refractivity contribution in [3.05, 3.63) is 15.9 Å². The molecule has 1 aromatic heterocycles. The molecule has 0 saturated heterocycles. The average molecular weight is 332 g/mol. The summed E-state index contributed by atoms with van der Waals surface area (Å²) >= 11 is 3.64. The Hall–Kier alpha value is -0.390. The maximum absolute atomic E-state index is 5.41. The van der Waals surface area contributed by atoms with Gasteiger partial charge in [-0.1, -0.05) is 6.92 Å². The van der Waals surface area contributed by atoms with Crippen molar-refractivity contribution in [2.24, 2.45) is 7.05 Å². The van der Waals surface area contributed by atoms with Crippen molar-refractivity contribution < 1.29 is 4.74 Å². The smallest absolute Gasteiger partial charge is 0.0738 e. The maximum atomic E-state index is 5.41. The zero-order valence-corrected chi connectivity index (χ0v) is 14.1. The Labute approximate surface area is 125 Å². The highest BCUT2D eigenvalue weighted by Gasteiger charge is 2.16. The molecule has 0 amide bonds. The summed E-state index contributed by atoms with van der Waals surface area (Å²) < 4.78 is 8.53. The standard InChI is InChI=1S/C14H26BrN3O/c1-5-16-12(8-7-9-19-6-2)10-13-14(15)11(3)17-18(13)4/h12,16H,5-10H2,1-4H3. The van der Waals surface area contributed by atoms with Crippen LogP contribution in [0.3, 0.4) is 0 Å². The molecule has 0 aromatic carbocycles. The van der Waals surface area contributed by atoms with Crippen LogP contribution in [-0.4, -0.2) is 35.6 Å². The van der Waals surface area contributed by atoms with Gasteiger partial charge in [-0.05, 0) is 49.2 Å². The Balaban J connectivity index is 2.56. The number of hydrogen-bond donors (Lipinski definition) is 1. The van der Waals surface area contributed by atoms with Crippen LogP contribution in [0.1, 0.15) is 38.1 Å². The summed E-state index contributed by atoms with van der Waals surface area (Å²) in [4.78, 5) is 0. The number of aryl methyl sites for hydroxylation is 2. The molecule has 1 N–H and O–H groups in total. The molecule has 19 heavy (non-hydrogen) atoms. The van der Waals surface area contributed by atoms with Crippen LogP contribution in [0.15, 0.2) is 4.47 Å². The third-order valence-electron chi connectivity index (χ3n) is 3.24. The van der Waals surface area contributed by atoms with Crippen molar-refractivity contribution in [1.29, 1.82) is 0 Å². The van der Waals surface area contributed by atoms with Gasteiger partial charge in [0.05, 0.1) is 15.9 Å². The molecule has 0 saturated carbocycles. The molecule has 1 aromatic rings. The summed E-state index contributed by atoms with van der Waals surface area (Å²) in [5.41, 5.74) is 2.32. The molecule has 5 heteroatoms. The molecule has 0 aliphatic rings. The lowest BCUT2D eigenvalue weighted by Gasteiger charge is -2.18. The van der Waals surface area contributed by atoms with Crippen molar-refractivity contribution >= 4 is 15.9 Å². The number of halogens is 1. The lowest BCUT2D eigenvalue weighted by molar-refractivity contribution is 0.140. The molecule has 0 aliphatic heterocycles. The summed E-state index contributed by atoms with van der Waals surface area (Å²) in [6.07, 6.45) is 3.22. The first-order valence-corrected chi connectivity index (χ1v) is 7.88. The number of ether oxygens (including phenoxy) is 1. The second kappa shape index (κ2) is 8.72. The van der Waals surface area contributed by atoms with Crippen LogP contribution in [-0.2, 0) is 18.2 Å². The van der Waals surface area contributed by atoms with E-state index in [1.54, 1.807) is 0 Å². The molecule has 1 unspecified atom stereocenters. The zero-order chi connectivity index (χ0) is 14.3. The first kappa shape index (κ1) is 16.7. The molecule has 0 spiro atoms. The molecule has 1 atom stereocenters. The van der Waals surface area contributed by atoms with Gasteiger partial charge >= 0.3 is 0 Å². The number of nitrogens with one attached hydrogen (secondary N) is 1. The van der Waals surface area contributed by atoms with Gasteiger partial charge in [0.2, 0.25) is 0 Å². The molecule has 0 fully saturated rings. The van der Waals surface area contributed by atoms with E-state index < -0.39 is 0 Å². The average Bonchev–Trinajstić information content (AvgIpc) is 2.61. The molecular weight excluding hydrogens is 306 g/mol. The van der Waals surface area contributed by atoms with Gasteiger partial charge in [-0.15, -0.1) is 0 Å². The molecule has 110 valence electrons. The third-order valence-corrected chi connectivity index (χ3v) is 4.27. The Bertz CT molecular complexity index is 379. The molecule has 1 rings (SSSR count). The Kier molecular flexibility index (Phi) is 7.64. The largest absolute Gasteiger partial charge is 0.382 e. The summed E-state index contributed by atoms with van der Waals surface area (Å²) in [7, 11) is 2.01. The first-order chi connectivity index (χ1) is 9.10. The molecule has 0 bridgehead atoms. The predicted molar refractivity (Wildman–Crippen MR) is 82.5 cm³/mol. The second-order valence-corrected chi connectivity index (χ2v) is 5.56. The summed E-state index contributed by atoms with van der Waals surface area (Å²) in [5, 5.41) is 8.01. The highest BCUT2D eigenvalue weighted by atomic mass is 79.9. The van der Waals surface area contributed by atoms with Gasteiger partial charge in [0.1, 0.15) is 0 Å². The monoisotopic (exact) mass is 331 g/mol. The van der Waals surface area contributed by atoms with Crippen LogP contribution >= 0.6 is 15.9 Å². The van der Waals surface area contributed by atoms with Crippen molar-refractivity contribution in [2.75, 3.05) is 19.8 Å². The van der Waals surface area contributed by atoms with Gasteiger partial charge in [0, 0.05) is 32.7 Å². The van der Waals surface area contributed by atoms with Gasteiger partial charge in [0.25, 0.3) is 0 Å².